The van der Waals surface area contributed by atoms with E-state index in [0.717, 1.165) is 30.2 Å². The van der Waals surface area contributed by atoms with Crippen LogP contribution in [-0.2, 0) is 13.1 Å². The number of halogens is 1. The third-order valence-electron chi connectivity index (χ3n) is 3.58. The Morgan fingerprint density at radius 2 is 1.86 bits per heavy atom. The summed E-state index contributed by atoms with van der Waals surface area (Å²) in [7, 11) is 2.11. The van der Waals surface area contributed by atoms with Crippen molar-refractivity contribution in [2.45, 2.75) is 26.9 Å². The normalized spacial score (nSPS) is 10.7. The molecule has 0 unspecified atom stereocenters. The monoisotopic (exact) mass is 302 g/mol. The maximum Gasteiger partial charge on any atom is 0.0455 e. The fraction of sp³-hybridized carbons (Fsp3) is 0.333. The van der Waals surface area contributed by atoms with Crippen molar-refractivity contribution in [3.63, 3.8) is 0 Å². The molecule has 21 heavy (non-hydrogen) atoms. The van der Waals surface area contributed by atoms with E-state index in [2.05, 4.69) is 55.4 Å². The van der Waals surface area contributed by atoms with Crippen LogP contribution in [0.15, 0.2) is 42.5 Å². The van der Waals surface area contributed by atoms with Crippen LogP contribution >= 0.6 is 11.6 Å². The lowest BCUT2D eigenvalue weighted by Crippen LogP contribution is -2.21. The van der Waals surface area contributed by atoms with Crippen LogP contribution < -0.4 is 10.2 Å². The summed E-state index contributed by atoms with van der Waals surface area (Å²) < 4.78 is 0. The SMILES string of the molecule is CCNCc1cc(C)ccc1N(C)Cc1ccccc1Cl. The van der Waals surface area contributed by atoms with Crippen LogP contribution in [0.3, 0.4) is 0 Å². The van der Waals surface area contributed by atoms with Gasteiger partial charge in [-0.25, -0.2) is 0 Å². The summed E-state index contributed by atoms with van der Waals surface area (Å²) in [6.07, 6.45) is 0. The second-order valence-corrected chi connectivity index (χ2v) is 5.77. The number of rotatable bonds is 6. The van der Waals surface area contributed by atoms with Crippen LogP contribution in [0.2, 0.25) is 5.02 Å². The Morgan fingerprint density at radius 1 is 1.10 bits per heavy atom. The average Bonchev–Trinajstić information content (AvgIpc) is 2.47. The Morgan fingerprint density at radius 3 is 2.57 bits per heavy atom. The molecular weight excluding hydrogens is 280 g/mol. The zero-order valence-electron chi connectivity index (χ0n) is 13.0. The molecule has 0 radical (unpaired) electrons. The summed E-state index contributed by atoms with van der Waals surface area (Å²) in [5.41, 5.74) is 5.02. The minimum atomic E-state index is 0.807. The number of benzene rings is 2. The van der Waals surface area contributed by atoms with Crippen LogP contribution in [0.5, 0.6) is 0 Å². The highest BCUT2D eigenvalue weighted by molar-refractivity contribution is 6.31. The number of aryl methyl sites for hydroxylation is 1. The van der Waals surface area contributed by atoms with Gasteiger partial charge >= 0.3 is 0 Å². The first-order chi connectivity index (χ1) is 10.1. The molecule has 0 bridgehead atoms. The standard InChI is InChI=1S/C18H23ClN2/c1-4-20-12-16-11-14(2)9-10-18(16)21(3)13-15-7-5-6-8-17(15)19/h5-11,20H,4,12-13H2,1-3H3. The van der Waals surface area contributed by atoms with E-state index in [1.165, 1.54) is 16.8 Å². The zero-order chi connectivity index (χ0) is 15.2. The molecule has 1 N–H and O–H groups in total. The predicted octanol–water partition coefficient (Wildman–Crippen LogP) is 4.39. The lowest BCUT2D eigenvalue weighted by Gasteiger charge is -2.24. The molecule has 0 aliphatic heterocycles. The van der Waals surface area contributed by atoms with Crippen LogP contribution in [0.4, 0.5) is 5.69 Å². The molecule has 0 aliphatic carbocycles. The van der Waals surface area contributed by atoms with Crippen LogP contribution in [0.25, 0.3) is 0 Å². The van der Waals surface area contributed by atoms with Gasteiger partial charge in [0.15, 0.2) is 0 Å². The fourth-order valence-electron chi connectivity index (χ4n) is 2.46. The molecule has 0 aromatic heterocycles. The molecule has 0 saturated heterocycles. The van der Waals surface area contributed by atoms with Crippen molar-refractivity contribution >= 4 is 17.3 Å². The van der Waals surface area contributed by atoms with Gasteiger partial charge < -0.3 is 10.2 Å². The van der Waals surface area contributed by atoms with Crippen LogP contribution in [0, 0.1) is 6.92 Å². The molecule has 0 saturated carbocycles. The summed E-state index contributed by atoms with van der Waals surface area (Å²) in [5, 5.41) is 4.23. The lowest BCUT2D eigenvalue weighted by atomic mass is 10.1. The molecule has 2 nitrogen and oxygen atoms in total. The zero-order valence-corrected chi connectivity index (χ0v) is 13.7. The lowest BCUT2D eigenvalue weighted by molar-refractivity contribution is 0.722. The van der Waals surface area contributed by atoms with Gasteiger partial charge in [-0.3, -0.25) is 0 Å². The fourth-order valence-corrected chi connectivity index (χ4v) is 2.65. The van der Waals surface area contributed by atoms with Crippen molar-refractivity contribution in [2.75, 3.05) is 18.5 Å². The summed E-state index contributed by atoms with van der Waals surface area (Å²) in [6.45, 7) is 6.93. The Labute approximate surface area is 132 Å². The number of hydrogen-bond acceptors (Lipinski definition) is 2. The number of nitrogens with zero attached hydrogens (tertiary/aromatic N) is 1. The second kappa shape index (κ2) is 7.48. The number of hydrogen-bond donors (Lipinski definition) is 1. The third kappa shape index (κ3) is 4.23. The van der Waals surface area contributed by atoms with E-state index in [4.69, 9.17) is 11.6 Å². The largest absolute Gasteiger partial charge is 0.370 e. The molecule has 0 fully saturated rings. The Bertz CT molecular complexity index is 596. The van der Waals surface area contributed by atoms with Crippen LogP contribution in [-0.4, -0.2) is 13.6 Å². The van der Waals surface area contributed by atoms with E-state index in [9.17, 15) is 0 Å². The first kappa shape index (κ1) is 15.9. The molecule has 3 heteroatoms. The van der Waals surface area contributed by atoms with E-state index < -0.39 is 0 Å². The van der Waals surface area contributed by atoms with Crippen molar-refractivity contribution in [1.29, 1.82) is 0 Å². The van der Waals surface area contributed by atoms with E-state index in [1.807, 2.05) is 18.2 Å². The van der Waals surface area contributed by atoms with Gasteiger partial charge in [-0.15, -0.1) is 0 Å². The second-order valence-electron chi connectivity index (χ2n) is 5.36. The summed E-state index contributed by atoms with van der Waals surface area (Å²) >= 11 is 6.27. The van der Waals surface area contributed by atoms with E-state index in [0.29, 0.717) is 0 Å². The first-order valence-corrected chi connectivity index (χ1v) is 7.74. The topological polar surface area (TPSA) is 15.3 Å². The van der Waals surface area contributed by atoms with Gasteiger partial charge in [0, 0.05) is 30.8 Å². The molecule has 2 aromatic rings. The Balaban J connectivity index is 2.22. The minimum absolute atomic E-state index is 0.807. The van der Waals surface area contributed by atoms with Gasteiger partial charge in [-0.1, -0.05) is 54.4 Å². The molecule has 2 aromatic carbocycles. The molecule has 0 spiro atoms. The van der Waals surface area contributed by atoms with Crippen molar-refractivity contribution < 1.29 is 0 Å². The number of nitrogens with one attached hydrogen (secondary N) is 1. The Hall–Kier alpha value is -1.51. The van der Waals surface area contributed by atoms with Gasteiger partial charge in [0.25, 0.3) is 0 Å². The molecule has 0 atom stereocenters. The quantitative estimate of drug-likeness (QED) is 0.851. The molecule has 2 rings (SSSR count). The van der Waals surface area contributed by atoms with Crippen molar-refractivity contribution in [3.05, 3.63) is 64.2 Å². The molecule has 0 aliphatic rings. The van der Waals surface area contributed by atoms with Gasteiger partial charge in [-0.05, 0) is 36.7 Å². The van der Waals surface area contributed by atoms with Gasteiger partial charge in [0.1, 0.15) is 0 Å². The summed E-state index contributed by atoms with van der Waals surface area (Å²) in [5.74, 6) is 0. The van der Waals surface area contributed by atoms with Crippen molar-refractivity contribution in [1.82, 2.24) is 5.32 Å². The summed E-state index contributed by atoms with van der Waals surface area (Å²) in [4.78, 5) is 2.26. The first-order valence-electron chi connectivity index (χ1n) is 7.36. The maximum atomic E-state index is 6.27. The highest BCUT2D eigenvalue weighted by Gasteiger charge is 2.09. The van der Waals surface area contributed by atoms with Gasteiger partial charge in [0.2, 0.25) is 0 Å². The van der Waals surface area contributed by atoms with Crippen molar-refractivity contribution in [3.8, 4) is 0 Å². The maximum absolute atomic E-state index is 6.27. The summed E-state index contributed by atoms with van der Waals surface area (Å²) in [6, 6.07) is 14.6. The Kier molecular flexibility index (Phi) is 5.66. The predicted molar refractivity (Wildman–Crippen MR) is 92.1 cm³/mol. The van der Waals surface area contributed by atoms with E-state index in [1.54, 1.807) is 0 Å². The van der Waals surface area contributed by atoms with Crippen LogP contribution in [0.1, 0.15) is 23.6 Å². The van der Waals surface area contributed by atoms with Gasteiger partial charge in [0.05, 0.1) is 0 Å². The highest BCUT2D eigenvalue weighted by Crippen LogP contribution is 2.24. The molecule has 112 valence electrons. The smallest absolute Gasteiger partial charge is 0.0455 e. The highest BCUT2D eigenvalue weighted by atomic mass is 35.5. The van der Waals surface area contributed by atoms with E-state index in [-0.39, 0.29) is 0 Å². The van der Waals surface area contributed by atoms with Crippen molar-refractivity contribution in [2.24, 2.45) is 0 Å². The van der Waals surface area contributed by atoms with Gasteiger partial charge in [-0.2, -0.15) is 0 Å². The van der Waals surface area contributed by atoms with E-state index >= 15 is 0 Å². The molecule has 0 amide bonds. The third-order valence-corrected chi connectivity index (χ3v) is 3.95. The minimum Gasteiger partial charge on any atom is -0.370 e. The molecule has 0 heterocycles. The average molecular weight is 303 g/mol. The molecular formula is C18H23ClN2. The number of anilines is 1.